The molecule has 2 aliphatic heterocycles. The summed E-state index contributed by atoms with van der Waals surface area (Å²) >= 11 is 0. The van der Waals surface area contributed by atoms with E-state index in [4.69, 9.17) is 0 Å². The van der Waals surface area contributed by atoms with Crippen molar-refractivity contribution in [2.24, 2.45) is 5.92 Å². The number of nitrogens with zero attached hydrogens (tertiary/aromatic N) is 4. The van der Waals surface area contributed by atoms with Gasteiger partial charge in [0.2, 0.25) is 5.91 Å². The van der Waals surface area contributed by atoms with Crippen LogP contribution in [0.5, 0.6) is 0 Å². The highest BCUT2D eigenvalue weighted by Crippen LogP contribution is 2.43. The number of carbonyl (C=O) groups excluding carboxylic acids is 1. The minimum absolute atomic E-state index is 0.152. The van der Waals surface area contributed by atoms with Crippen molar-refractivity contribution in [2.75, 3.05) is 63.8 Å². The van der Waals surface area contributed by atoms with Crippen molar-refractivity contribution >= 4 is 11.7 Å². The summed E-state index contributed by atoms with van der Waals surface area (Å²) in [6, 6.07) is 16.9. The Morgan fingerprint density at radius 2 is 1.74 bits per heavy atom. The van der Waals surface area contributed by atoms with Crippen molar-refractivity contribution in [3.05, 3.63) is 60.3 Å². The molecular weight excluding hydrogens is 422 g/mol. The number of benzene rings is 1. The molecule has 3 heterocycles. The molecule has 1 aliphatic carbocycles. The Morgan fingerprint density at radius 3 is 2.44 bits per heavy atom. The number of piperidine rings is 1. The number of piperazine rings is 1. The summed E-state index contributed by atoms with van der Waals surface area (Å²) in [4.78, 5) is 24.7. The van der Waals surface area contributed by atoms with Gasteiger partial charge < -0.3 is 10.2 Å². The highest BCUT2D eigenvalue weighted by atomic mass is 16.2. The van der Waals surface area contributed by atoms with E-state index in [0.717, 1.165) is 58.2 Å². The van der Waals surface area contributed by atoms with Crippen LogP contribution in [0.2, 0.25) is 0 Å². The van der Waals surface area contributed by atoms with Gasteiger partial charge in [-0.2, -0.15) is 0 Å². The fraction of sp³-hybridized carbons (Fsp3) is 0.571. The minimum Gasteiger partial charge on any atom is -0.354 e. The number of aromatic nitrogens is 1. The fourth-order valence-corrected chi connectivity index (χ4v) is 6.00. The number of anilines is 1. The first-order valence-electron chi connectivity index (χ1n) is 13.1. The molecular formula is C28H39N5O. The lowest BCUT2D eigenvalue weighted by Gasteiger charge is -2.43. The zero-order valence-electron chi connectivity index (χ0n) is 20.4. The molecule has 1 atom stereocenters. The summed E-state index contributed by atoms with van der Waals surface area (Å²) < 4.78 is 0. The molecule has 0 spiro atoms. The lowest BCUT2D eigenvalue weighted by atomic mass is 9.64. The van der Waals surface area contributed by atoms with Gasteiger partial charge in [0.1, 0.15) is 5.82 Å². The van der Waals surface area contributed by atoms with Gasteiger partial charge in [-0.1, -0.05) is 42.8 Å². The monoisotopic (exact) mass is 461 g/mol. The Kier molecular flexibility index (Phi) is 7.45. The second-order valence-corrected chi connectivity index (χ2v) is 10.5. The summed E-state index contributed by atoms with van der Waals surface area (Å²) in [5.74, 6) is 1.94. The molecule has 3 aliphatic rings. The number of amides is 1. The van der Waals surface area contributed by atoms with Crippen LogP contribution in [-0.2, 0) is 10.2 Å². The third-order valence-electron chi connectivity index (χ3n) is 8.15. The first-order valence-corrected chi connectivity index (χ1v) is 13.1. The van der Waals surface area contributed by atoms with Crippen LogP contribution < -0.4 is 10.2 Å². The quantitative estimate of drug-likeness (QED) is 0.655. The Balaban J connectivity index is 1.05. The van der Waals surface area contributed by atoms with Crippen LogP contribution >= 0.6 is 0 Å². The van der Waals surface area contributed by atoms with Crippen LogP contribution in [-0.4, -0.2) is 79.6 Å². The zero-order valence-corrected chi connectivity index (χ0v) is 20.4. The predicted molar refractivity (Wildman–Crippen MR) is 137 cm³/mol. The maximum atomic E-state index is 12.8. The molecule has 1 unspecified atom stereocenters. The molecule has 6 heteroatoms. The van der Waals surface area contributed by atoms with Crippen LogP contribution in [0.1, 0.15) is 37.7 Å². The van der Waals surface area contributed by atoms with Crippen molar-refractivity contribution < 1.29 is 4.79 Å². The number of rotatable bonds is 8. The molecule has 1 saturated carbocycles. The second kappa shape index (κ2) is 10.9. The molecule has 0 bridgehead atoms. The predicted octanol–water partition coefficient (Wildman–Crippen LogP) is 3.15. The molecule has 3 fully saturated rings. The number of hydrogen-bond donors (Lipinski definition) is 1. The van der Waals surface area contributed by atoms with Crippen LogP contribution in [0.4, 0.5) is 5.82 Å². The first kappa shape index (κ1) is 23.3. The van der Waals surface area contributed by atoms with E-state index in [1.165, 1.54) is 37.7 Å². The molecule has 6 nitrogen and oxygen atoms in total. The van der Waals surface area contributed by atoms with E-state index in [-0.39, 0.29) is 11.3 Å². The van der Waals surface area contributed by atoms with Gasteiger partial charge in [0.15, 0.2) is 0 Å². The van der Waals surface area contributed by atoms with Gasteiger partial charge in [-0.25, -0.2) is 4.98 Å². The number of pyridine rings is 1. The number of hydrogen-bond acceptors (Lipinski definition) is 5. The lowest BCUT2D eigenvalue weighted by molar-refractivity contribution is -0.123. The van der Waals surface area contributed by atoms with E-state index in [9.17, 15) is 4.79 Å². The molecule has 1 amide bonds. The van der Waals surface area contributed by atoms with Crippen molar-refractivity contribution in [3.63, 3.8) is 0 Å². The summed E-state index contributed by atoms with van der Waals surface area (Å²) in [7, 11) is 0. The SMILES string of the molecule is O=C(CN1CCCC(CN2CCN(c3ccccn3)CC2)C1)NCC1(c2ccccc2)CCC1. The molecule has 1 aromatic heterocycles. The van der Waals surface area contributed by atoms with Crippen molar-refractivity contribution in [1.29, 1.82) is 0 Å². The summed E-state index contributed by atoms with van der Waals surface area (Å²) in [6.45, 7) is 8.80. The molecule has 182 valence electrons. The van der Waals surface area contributed by atoms with Gasteiger partial charge in [0.25, 0.3) is 0 Å². The zero-order chi connectivity index (χ0) is 23.2. The highest BCUT2D eigenvalue weighted by molar-refractivity contribution is 5.78. The van der Waals surface area contributed by atoms with E-state index < -0.39 is 0 Å². The van der Waals surface area contributed by atoms with Gasteiger partial charge in [-0.05, 0) is 55.8 Å². The third kappa shape index (κ3) is 5.61. The van der Waals surface area contributed by atoms with Gasteiger partial charge in [0, 0.05) is 57.4 Å². The summed E-state index contributed by atoms with van der Waals surface area (Å²) in [5, 5.41) is 3.29. The number of carbonyl (C=O) groups is 1. The average Bonchev–Trinajstić information content (AvgIpc) is 2.85. The molecule has 2 saturated heterocycles. The van der Waals surface area contributed by atoms with Gasteiger partial charge in [-0.15, -0.1) is 0 Å². The maximum Gasteiger partial charge on any atom is 0.234 e. The Labute approximate surface area is 204 Å². The van der Waals surface area contributed by atoms with E-state index in [1.807, 2.05) is 12.3 Å². The van der Waals surface area contributed by atoms with E-state index >= 15 is 0 Å². The van der Waals surface area contributed by atoms with Crippen molar-refractivity contribution in [3.8, 4) is 0 Å². The second-order valence-electron chi connectivity index (χ2n) is 10.5. The van der Waals surface area contributed by atoms with Crippen LogP contribution in [0, 0.1) is 5.92 Å². The van der Waals surface area contributed by atoms with Gasteiger partial charge >= 0.3 is 0 Å². The number of likely N-dealkylation sites (tertiary alicyclic amines) is 1. The topological polar surface area (TPSA) is 51.7 Å². The third-order valence-corrected chi connectivity index (χ3v) is 8.15. The normalized spacial score (nSPS) is 23.3. The lowest BCUT2D eigenvalue weighted by Crippen LogP contribution is -2.51. The van der Waals surface area contributed by atoms with E-state index in [2.05, 4.69) is 67.5 Å². The highest BCUT2D eigenvalue weighted by Gasteiger charge is 2.38. The van der Waals surface area contributed by atoms with Crippen molar-refractivity contribution in [1.82, 2.24) is 20.1 Å². The summed E-state index contributed by atoms with van der Waals surface area (Å²) in [5.41, 5.74) is 1.53. The van der Waals surface area contributed by atoms with Crippen molar-refractivity contribution in [2.45, 2.75) is 37.5 Å². The fourth-order valence-electron chi connectivity index (χ4n) is 6.00. The minimum atomic E-state index is 0.152. The molecule has 0 radical (unpaired) electrons. The molecule has 1 aromatic carbocycles. The molecule has 34 heavy (non-hydrogen) atoms. The smallest absolute Gasteiger partial charge is 0.234 e. The molecule has 2 aromatic rings. The van der Waals surface area contributed by atoms with Gasteiger partial charge in [-0.3, -0.25) is 14.6 Å². The number of nitrogens with one attached hydrogen (secondary N) is 1. The van der Waals surface area contributed by atoms with Crippen LogP contribution in [0.15, 0.2) is 54.7 Å². The van der Waals surface area contributed by atoms with E-state index in [1.54, 1.807) is 0 Å². The van der Waals surface area contributed by atoms with E-state index in [0.29, 0.717) is 12.5 Å². The Hall–Kier alpha value is -2.44. The maximum absolute atomic E-state index is 12.8. The van der Waals surface area contributed by atoms with Crippen LogP contribution in [0.25, 0.3) is 0 Å². The Morgan fingerprint density at radius 1 is 0.941 bits per heavy atom. The van der Waals surface area contributed by atoms with Crippen LogP contribution in [0.3, 0.4) is 0 Å². The average molecular weight is 462 g/mol. The largest absolute Gasteiger partial charge is 0.354 e. The molecule has 1 N–H and O–H groups in total. The first-order chi connectivity index (χ1) is 16.7. The van der Waals surface area contributed by atoms with Gasteiger partial charge in [0.05, 0.1) is 6.54 Å². The summed E-state index contributed by atoms with van der Waals surface area (Å²) in [6.07, 6.45) is 7.96. The Bertz CT molecular complexity index is 909. The standard InChI is InChI=1S/C28H39N5O/c34-27(30-23-28(12-7-13-28)25-9-2-1-3-10-25)22-32-15-6-8-24(21-32)20-31-16-18-33(19-17-31)26-11-4-5-14-29-26/h1-5,9-11,14,24H,6-8,12-13,15-23H2,(H,30,34). The molecule has 5 rings (SSSR count).